The maximum absolute atomic E-state index is 12.8. The fraction of sp³-hybridized carbons (Fsp3) is 0.300. The highest BCUT2D eigenvalue weighted by Crippen LogP contribution is 2.43. The van der Waals surface area contributed by atoms with E-state index in [4.69, 9.17) is 4.74 Å². The molecule has 0 saturated carbocycles. The summed E-state index contributed by atoms with van der Waals surface area (Å²) in [5.41, 5.74) is 3.89. The lowest BCUT2D eigenvalue weighted by atomic mass is 9.95. The fourth-order valence-corrected chi connectivity index (χ4v) is 7.04. The zero-order valence-electron chi connectivity index (χ0n) is 14.8. The number of ether oxygens (including phenoxy) is 1. The molecule has 3 heterocycles. The molecule has 138 valence electrons. The van der Waals surface area contributed by atoms with Crippen LogP contribution < -0.4 is 10.1 Å². The van der Waals surface area contributed by atoms with Gasteiger partial charge >= 0.3 is 0 Å². The lowest BCUT2D eigenvalue weighted by molar-refractivity contribution is -0.112. The van der Waals surface area contributed by atoms with Crippen LogP contribution in [0, 0.1) is 0 Å². The minimum absolute atomic E-state index is 0.0666. The van der Waals surface area contributed by atoms with Gasteiger partial charge < -0.3 is 4.74 Å². The molecule has 0 atom stereocenters. The molecule has 0 fully saturated rings. The number of carbonyl (C=O) groups excluding carboxylic acids is 1. The molecule has 1 amide bonds. The van der Waals surface area contributed by atoms with Gasteiger partial charge in [0.2, 0.25) is 0 Å². The highest BCUT2D eigenvalue weighted by atomic mass is 32.2. The Morgan fingerprint density at radius 2 is 2.07 bits per heavy atom. The molecule has 0 unspecified atom stereocenters. The van der Waals surface area contributed by atoms with Gasteiger partial charge in [-0.3, -0.25) is 10.1 Å². The second-order valence-electron chi connectivity index (χ2n) is 6.66. The lowest BCUT2D eigenvalue weighted by Gasteiger charge is -2.15. The first kappa shape index (κ1) is 17.3. The van der Waals surface area contributed by atoms with Crippen molar-refractivity contribution in [3.05, 3.63) is 44.0 Å². The summed E-state index contributed by atoms with van der Waals surface area (Å²) in [5.74, 6) is 1.63. The molecule has 7 heteroatoms. The van der Waals surface area contributed by atoms with E-state index in [1.165, 1.54) is 52.3 Å². The molecule has 5 rings (SSSR count). The number of amides is 1. The summed E-state index contributed by atoms with van der Waals surface area (Å²) >= 11 is 4.98. The van der Waals surface area contributed by atoms with Gasteiger partial charge in [0.05, 0.1) is 22.2 Å². The van der Waals surface area contributed by atoms with Crippen molar-refractivity contribution in [3.63, 3.8) is 0 Å². The summed E-state index contributed by atoms with van der Waals surface area (Å²) in [5, 5.41) is 3.60. The quantitative estimate of drug-likeness (QED) is 0.617. The lowest BCUT2D eigenvalue weighted by Crippen LogP contribution is -2.14. The number of nitrogens with zero attached hydrogens (tertiary/aromatic N) is 1. The Labute approximate surface area is 169 Å². The molecule has 4 nitrogen and oxygen atoms in total. The van der Waals surface area contributed by atoms with E-state index >= 15 is 0 Å². The van der Waals surface area contributed by atoms with Crippen molar-refractivity contribution in [2.45, 2.75) is 31.4 Å². The molecule has 0 saturated heterocycles. The van der Waals surface area contributed by atoms with Crippen LogP contribution in [-0.4, -0.2) is 18.0 Å². The number of thioether (sulfide) groups is 1. The van der Waals surface area contributed by atoms with E-state index in [9.17, 15) is 4.79 Å². The molecule has 27 heavy (non-hydrogen) atoms. The van der Waals surface area contributed by atoms with E-state index in [-0.39, 0.29) is 5.91 Å². The second kappa shape index (κ2) is 6.96. The van der Waals surface area contributed by atoms with E-state index < -0.39 is 0 Å². The van der Waals surface area contributed by atoms with Crippen LogP contribution in [0.3, 0.4) is 0 Å². The average Bonchev–Trinajstić information content (AvgIpc) is 3.26. The monoisotopic (exact) mass is 414 g/mol. The van der Waals surface area contributed by atoms with Crippen molar-refractivity contribution in [2.75, 3.05) is 12.4 Å². The Bertz CT molecular complexity index is 1080. The van der Waals surface area contributed by atoms with E-state index in [1.807, 2.05) is 29.5 Å². The van der Waals surface area contributed by atoms with Crippen LogP contribution in [0.1, 0.15) is 33.7 Å². The van der Waals surface area contributed by atoms with Crippen molar-refractivity contribution in [3.8, 4) is 5.75 Å². The maximum atomic E-state index is 12.8. The van der Waals surface area contributed by atoms with Crippen LogP contribution in [0.5, 0.6) is 5.75 Å². The average molecular weight is 415 g/mol. The molecule has 1 aromatic carbocycles. The molecule has 1 aliphatic carbocycles. The van der Waals surface area contributed by atoms with Gasteiger partial charge in [0.25, 0.3) is 5.91 Å². The number of hydrogen-bond donors (Lipinski definition) is 1. The fourth-order valence-electron chi connectivity index (χ4n) is 3.61. The molecule has 1 N–H and O–H groups in total. The molecule has 2 aliphatic rings. The number of fused-ring (bicyclic) bond motifs is 4. The standard InChI is InChI=1S/C20H18N2O2S3/c1-24-11-6-7-14-17(8-11)27-20(21-14)22-19(23)18-9-16-13(10-25-18)12-4-2-3-5-15(12)26-16/h6-9H,2-5,10H2,1H3,(H,21,22,23). The summed E-state index contributed by atoms with van der Waals surface area (Å²) in [6.07, 6.45) is 7.05. The molecular formula is C20H18N2O2S3. The molecule has 0 radical (unpaired) electrons. The third kappa shape index (κ3) is 3.17. The van der Waals surface area contributed by atoms with Gasteiger partial charge in [0, 0.05) is 15.5 Å². The number of thiophene rings is 1. The Morgan fingerprint density at radius 3 is 2.96 bits per heavy atom. The summed E-state index contributed by atoms with van der Waals surface area (Å²) in [6.45, 7) is 0. The van der Waals surface area contributed by atoms with E-state index in [2.05, 4.69) is 16.4 Å². The summed E-state index contributed by atoms with van der Waals surface area (Å²) in [4.78, 5) is 20.9. The van der Waals surface area contributed by atoms with Crippen LogP contribution in [-0.2, 0) is 23.4 Å². The normalized spacial score (nSPS) is 15.8. The van der Waals surface area contributed by atoms with Gasteiger partial charge in [-0.25, -0.2) is 4.98 Å². The highest BCUT2D eigenvalue weighted by molar-refractivity contribution is 8.03. The van der Waals surface area contributed by atoms with Gasteiger partial charge in [-0.2, -0.15) is 0 Å². The summed E-state index contributed by atoms with van der Waals surface area (Å²) in [7, 11) is 1.65. The van der Waals surface area contributed by atoms with Crippen molar-refractivity contribution >= 4 is 61.8 Å². The van der Waals surface area contributed by atoms with Gasteiger partial charge in [-0.05, 0) is 61.1 Å². The van der Waals surface area contributed by atoms with Crippen LogP contribution in [0.15, 0.2) is 23.1 Å². The van der Waals surface area contributed by atoms with Crippen molar-refractivity contribution in [1.29, 1.82) is 0 Å². The molecule has 0 spiro atoms. The van der Waals surface area contributed by atoms with Gasteiger partial charge in [0.1, 0.15) is 5.75 Å². The number of anilines is 1. The van der Waals surface area contributed by atoms with Crippen LogP contribution >= 0.6 is 34.4 Å². The second-order valence-corrected chi connectivity index (χ2v) is 9.84. The summed E-state index contributed by atoms with van der Waals surface area (Å²) < 4.78 is 6.26. The molecule has 2 aromatic heterocycles. The number of thiazole rings is 1. The van der Waals surface area contributed by atoms with Crippen molar-refractivity contribution in [2.24, 2.45) is 0 Å². The van der Waals surface area contributed by atoms with Crippen LogP contribution in [0.4, 0.5) is 5.13 Å². The van der Waals surface area contributed by atoms with Crippen LogP contribution in [0.2, 0.25) is 0 Å². The SMILES string of the molecule is COc1ccc2nc(NC(=O)C3=Cc4sc5c(c4CS3)CCCC5)sc2c1. The minimum Gasteiger partial charge on any atom is -0.497 e. The molecule has 0 bridgehead atoms. The molecular weight excluding hydrogens is 396 g/mol. The summed E-state index contributed by atoms with van der Waals surface area (Å²) in [6, 6.07) is 5.74. The zero-order valence-corrected chi connectivity index (χ0v) is 17.3. The molecule has 1 aliphatic heterocycles. The van der Waals surface area contributed by atoms with Gasteiger partial charge in [-0.1, -0.05) is 11.3 Å². The Morgan fingerprint density at radius 1 is 1.19 bits per heavy atom. The first-order valence-corrected chi connectivity index (χ1v) is 11.6. The highest BCUT2D eigenvalue weighted by Gasteiger charge is 2.25. The van der Waals surface area contributed by atoms with Crippen LogP contribution in [0.25, 0.3) is 16.3 Å². The smallest absolute Gasteiger partial charge is 0.263 e. The zero-order chi connectivity index (χ0) is 18.4. The van der Waals surface area contributed by atoms with Crippen molar-refractivity contribution in [1.82, 2.24) is 4.98 Å². The minimum atomic E-state index is -0.0666. The number of nitrogens with one attached hydrogen (secondary N) is 1. The maximum Gasteiger partial charge on any atom is 0.263 e. The number of hydrogen-bond acceptors (Lipinski definition) is 6. The first-order valence-electron chi connectivity index (χ1n) is 8.95. The number of aromatic nitrogens is 1. The van der Waals surface area contributed by atoms with E-state index in [0.717, 1.165) is 26.6 Å². The number of benzene rings is 1. The topological polar surface area (TPSA) is 51.2 Å². The predicted molar refractivity (Wildman–Crippen MR) is 115 cm³/mol. The third-order valence-corrected chi connectivity index (χ3v) is 8.25. The van der Waals surface area contributed by atoms with E-state index in [1.54, 1.807) is 24.4 Å². The number of aryl methyl sites for hydroxylation is 1. The number of methoxy groups -OCH3 is 1. The predicted octanol–water partition coefficient (Wildman–Crippen LogP) is 5.47. The van der Waals surface area contributed by atoms with E-state index in [0.29, 0.717) is 5.13 Å². The van der Waals surface area contributed by atoms with Gasteiger partial charge in [-0.15, -0.1) is 23.1 Å². The molecule has 3 aromatic rings. The Balaban J connectivity index is 1.39. The number of rotatable bonds is 3. The van der Waals surface area contributed by atoms with Gasteiger partial charge in [0.15, 0.2) is 5.13 Å². The largest absolute Gasteiger partial charge is 0.497 e. The Hall–Kier alpha value is -1.83. The first-order chi connectivity index (χ1) is 13.2. The third-order valence-electron chi connectivity index (χ3n) is 4.99. The number of carbonyl (C=O) groups is 1. The Kier molecular flexibility index (Phi) is 4.46. The van der Waals surface area contributed by atoms with Crippen molar-refractivity contribution < 1.29 is 9.53 Å².